The van der Waals surface area contributed by atoms with Gasteiger partial charge in [-0.2, -0.15) is 5.26 Å². The van der Waals surface area contributed by atoms with Gasteiger partial charge in [0, 0.05) is 18.1 Å². The number of nitriles is 1. The summed E-state index contributed by atoms with van der Waals surface area (Å²) < 4.78 is 7.69. The van der Waals surface area contributed by atoms with E-state index in [4.69, 9.17) is 9.68 Å². The molecule has 27 heavy (non-hydrogen) atoms. The molecule has 0 fully saturated rings. The van der Waals surface area contributed by atoms with Gasteiger partial charge in [0.2, 0.25) is 5.91 Å². The summed E-state index contributed by atoms with van der Waals surface area (Å²) in [6.07, 6.45) is 1.20. The van der Waals surface area contributed by atoms with Crippen LogP contribution in [0.1, 0.15) is 31.2 Å². The summed E-state index contributed by atoms with van der Waals surface area (Å²) in [6.45, 7) is 3.26. The summed E-state index contributed by atoms with van der Waals surface area (Å²) in [5, 5.41) is 12.7. The van der Waals surface area contributed by atoms with Crippen LogP contribution in [0.4, 0.5) is 0 Å². The molecule has 0 unspecified atom stereocenters. The van der Waals surface area contributed by atoms with Gasteiger partial charge in [0.05, 0.1) is 6.04 Å². The second-order valence-electron chi connectivity index (χ2n) is 6.09. The van der Waals surface area contributed by atoms with E-state index in [1.54, 1.807) is 19.9 Å². The van der Waals surface area contributed by atoms with Crippen LogP contribution in [0, 0.1) is 11.3 Å². The van der Waals surface area contributed by atoms with Gasteiger partial charge in [-0.25, -0.2) is 9.36 Å². The number of hydrogen-bond acceptors (Lipinski definition) is 5. The Morgan fingerprint density at radius 1 is 1.33 bits per heavy atom. The molecule has 0 spiro atoms. The number of carbonyl (C=O) groups excluding carboxylic acids is 1. The summed E-state index contributed by atoms with van der Waals surface area (Å²) in [7, 11) is 0. The maximum Gasteiger partial charge on any atom is 0.331 e. The smallest absolute Gasteiger partial charge is 0.331 e. The van der Waals surface area contributed by atoms with E-state index in [0.29, 0.717) is 11.3 Å². The zero-order chi connectivity index (χ0) is 19.6. The fraction of sp³-hybridized carbons (Fsp3) is 0.263. The lowest BCUT2D eigenvalue weighted by Gasteiger charge is -2.13. The quantitative estimate of drug-likeness (QED) is 0.736. The second-order valence-corrected chi connectivity index (χ2v) is 6.09. The molecule has 3 aromatic rings. The monoisotopic (exact) mass is 366 g/mol. The van der Waals surface area contributed by atoms with Gasteiger partial charge in [-0.3, -0.25) is 14.2 Å². The van der Waals surface area contributed by atoms with Crippen LogP contribution in [0.5, 0.6) is 0 Å². The van der Waals surface area contributed by atoms with Gasteiger partial charge in [-0.1, -0.05) is 18.2 Å². The molecule has 0 radical (unpaired) electrons. The average molecular weight is 366 g/mol. The van der Waals surface area contributed by atoms with Crippen LogP contribution in [-0.2, 0) is 17.9 Å². The lowest BCUT2D eigenvalue weighted by molar-refractivity contribution is -0.122. The number of furan rings is 1. The number of aromatic nitrogens is 2. The number of hydrogen-bond donors (Lipinski definition) is 1. The molecule has 1 N–H and O–H groups in total. The van der Waals surface area contributed by atoms with Gasteiger partial charge in [-0.05, 0) is 26.0 Å². The molecule has 8 nitrogen and oxygen atoms in total. The van der Waals surface area contributed by atoms with E-state index in [1.165, 1.54) is 10.8 Å². The molecule has 2 aromatic heterocycles. The minimum Gasteiger partial charge on any atom is -0.459 e. The molecule has 0 saturated heterocycles. The topological polar surface area (TPSA) is 110 Å². The van der Waals surface area contributed by atoms with Crippen molar-refractivity contribution in [1.29, 1.82) is 5.26 Å². The molecule has 3 rings (SSSR count). The first-order valence-electron chi connectivity index (χ1n) is 8.46. The van der Waals surface area contributed by atoms with Gasteiger partial charge in [0.1, 0.15) is 29.5 Å². The standard InChI is InChI=1S/C19H18N4O4/c1-3-22-10-14(9-20)18(25)23(19(22)26)11-17(24)21-12(2)16-8-13-6-4-5-7-15(13)27-16/h4-8,10,12H,3,11H2,1-2H3,(H,21,24)/t12-/m0/s1. The Hall–Kier alpha value is -3.60. The SMILES string of the molecule is CCn1cc(C#N)c(=O)n(CC(=O)N[C@@H](C)c2cc3ccccc3o2)c1=O. The molecule has 138 valence electrons. The van der Waals surface area contributed by atoms with E-state index >= 15 is 0 Å². The number of aryl methyl sites for hydroxylation is 1. The Labute approximate surface area is 154 Å². The zero-order valence-corrected chi connectivity index (χ0v) is 14.9. The zero-order valence-electron chi connectivity index (χ0n) is 14.9. The maximum absolute atomic E-state index is 12.4. The number of carbonyl (C=O) groups is 1. The Morgan fingerprint density at radius 3 is 2.74 bits per heavy atom. The largest absolute Gasteiger partial charge is 0.459 e. The molecule has 1 atom stereocenters. The summed E-state index contributed by atoms with van der Waals surface area (Å²) >= 11 is 0. The van der Waals surface area contributed by atoms with Crippen LogP contribution in [0.15, 0.2) is 50.5 Å². The average Bonchev–Trinajstić information content (AvgIpc) is 3.10. The number of benzene rings is 1. The number of nitrogens with one attached hydrogen (secondary N) is 1. The van der Waals surface area contributed by atoms with Crippen molar-refractivity contribution >= 4 is 16.9 Å². The summed E-state index contributed by atoms with van der Waals surface area (Å²) in [5.41, 5.74) is -0.890. The van der Waals surface area contributed by atoms with Gasteiger partial charge in [-0.15, -0.1) is 0 Å². The van der Waals surface area contributed by atoms with E-state index in [-0.39, 0.29) is 12.1 Å². The van der Waals surface area contributed by atoms with E-state index in [1.807, 2.05) is 30.3 Å². The molecule has 8 heteroatoms. The third-order valence-electron chi connectivity index (χ3n) is 4.25. The van der Waals surface area contributed by atoms with Crippen LogP contribution in [0.3, 0.4) is 0 Å². The first-order chi connectivity index (χ1) is 12.9. The molecule has 0 aliphatic carbocycles. The fourth-order valence-corrected chi connectivity index (χ4v) is 2.81. The molecule has 1 aromatic carbocycles. The molecular weight excluding hydrogens is 348 g/mol. The minimum atomic E-state index is -0.779. The Morgan fingerprint density at radius 2 is 2.07 bits per heavy atom. The van der Waals surface area contributed by atoms with Gasteiger partial charge in [0.15, 0.2) is 0 Å². The van der Waals surface area contributed by atoms with Crippen LogP contribution >= 0.6 is 0 Å². The number of fused-ring (bicyclic) bond motifs is 1. The Balaban J connectivity index is 1.82. The first kappa shape index (κ1) is 18.2. The normalized spacial score (nSPS) is 11.9. The van der Waals surface area contributed by atoms with Crippen LogP contribution < -0.4 is 16.6 Å². The lowest BCUT2D eigenvalue weighted by Crippen LogP contribution is -2.44. The third kappa shape index (κ3) is 3.53. The highest BCUT2D eigenvalue weighted by Crippen LogP contribution is 2.23. The highest BCUT2D eigenvalue weighted by Gasteiger charge is 2.17. The van der Waals surface area contributed by atoms with Crippen LogP contribution in [0.25, 0.3) is 11.0 Å². The molecule has 0 saturated carbocycles. The second kappa shape index (κ2) is 7.33. The van der Waals surface area contributed by atoms with Gasteiger partial charge >= 0.3 is 5.69 Å². The van der Waals surface area contributed by atoms with Crippen molar-refractivity contribution in [2.75, 3.05) is 0 Å². The van der Waals surface area contributed by atoms with Crippen molar-refractivity contribution in [2.45, 2.75) is 33.0 Å². The molecule has 0 bridgehead atoms. The minimum absolute atomic E-state index is 0.186. The first-order valence-corrected chi connectivity index (χ1v) is 8.46. The van der Waals surface area contributed by atoms with Crippen molar-refractivity contribution in [3.05, 3.63) is 68.7 Å². The van der Waals surface area contributed by atoms with E-state index in [9.17, 15) is 14.4 Å². The Kier molecular flexibility index (Phi) is 4.94. The fourth-order valence-electron chi connectivity index (χ4n) is 2.81. The van der Waals surface area contributed by atoms with Crippen molar-refractivity contribution < 1.29 is 9.21 Å². The highest BCUT2D eigenvalue weighted by atomic mass is 16.3. The van der Waals surface area contributed by atoms with E-state index < -0.39 is 29.7 Å². The Bertz CT molecular complexity index is 1130. The van der Waals surface area contributed by atoms with Crippen molar-refractivity contribution in [2.24, 2.45) is 0 Å². The van der Waals surface area contributed by atoms with Crippen LogP contribution in [0.2, 0.25) is 0 Å². The van der Waals surface area contributed by atoms with Crippen LogP contribution in [-0.4, -0.2) is 15.0 Å². The number of amides is 1. The summed E-state index contributed by atoms with van der Waals surface area (Å²) in [6, 6.07) is 10.6. The molecule has 0 aliphatic heterocycles. The molecular formula is C19H18N4O4. The molecule has 1 amide bonds. The third-order valence-corrected chi connectivity index (χ3v) is 4.25. The summed E-state index contributed by atoms with van der Waals surface area (Å²) in [5.74, 6) is 0.0357. The van der Waals surface area contributed by atoms with Crippen molar-refractivity contribution in [1.82, 2.24) is 14.5 Å². The number of nitrogens with zero attached hydrogens (tertiary/aromatic N) is 3. The number of rotatable bonds is 5. The maximum atomic E-state index is 12.4. The summed E-state index contributed by atoms with van der Waals surface area (Å²) in [4.78, 5) is 36.9. The van der Waals surface area contributed by atoms with Gasteiger partial charge < -0.3 is 9.73 Å². The predicted molar refractivity (Wildman–Crippen MR) is 98.1 cm³/mol. The van der Waals surface area contributed by atoms with E-state index in [2.05, 4.69) is 5.32 Å². The number of para-hydroxylation sites is 1. The highest BCUT2D eigenvalue weighted by molar-refractivity contribution is 5.79. The molecule has 0 aliphatic rings. The van der Waals surface area contributed by atoms with Crippen molar-refractivity contribution in [3.63, 3.8) is 0 Å². The van der Waals surface area contributed by atoms with E-state index in [0.717, 1.165) is 9.95 Å². The van der Waals surface area contributed by atoms with Gasteiger partial charge in [0.25, 0.3) is 5.56 Å². The molecule has 2 heterocycles. The van der Waals surface area contributed by atoms with Crippen molar-refractivity contribution in [3.8, 4) is 6.07 Å². The lowest BCUT2D eigenvalue weighted by atomic mass is 10.2. The predicted octanol–water partition coefficient (Wildman–Crippen LogP) is 1.53.